The second-order valence-corrected chi connectivity index (χ2v) is 3.72. The second kappa shape index (κ2) is 3.49. The molecule has 0 aliphatic carbocycles. The number of hydrogen-bond donors (Lipinski definition) is 2. The van der Waals surface area contributed by atoms with Crippen LogP contribution in [0.25, 0.3) is 0 Å². The summed E-state index contributed by atoms with van der Waals surface area (Å²) in [5, 5.41) is 17.6. The Kier molecular flexibility index (Phi) is 2.79. The maximum Gasteiger partial charge on any atom is 0.337 e. The first kappa shape index (κ1) is 9.60. The Morgan fingerprint density at radius 2 is 2.08 bits per heavy atom. The van der Waals surface area contributed by atoms with E-state index in [1.54, 1.807) is 0 Å². The fraction of sp³-hybridized carbons (Fsp3) is 0. The minimum absolute atomic E-state index is 0.0823. The van der Waals surface area contributed by atoms with Gasteiger partial charge in [0.25, 0.3) is 0 Å². The number of phenols is 1. The molecule has 0 saturated carbocycles. The molecule has 5 heteroatoms. The number of carboxylic acids is 1. The number of aromatic hydroxyl groups is 1. The van der Waals surface area contributed by atoms with E-state index >= 15 is 0 Å². The molecule has 0 fully saturated rings. The third-order valence-electron chi connectivity index (χ3n) is 1.25. The van der Waals surface area contributed by atoms with E-state index in [4.69, 9.17) is 21.8 Å². The van der Waals surface area contributed by atoms with Crippen molar-refractivity contribution in [2.75, 3.05) is 0 Å². The van der Waals surface area contributed by atoms with Crippen molar-refractivity contribution < 1.29 is 15.0 Å². The van der Waals surface area contributed by atoms with Gasteiger partial charge in [-0.3, -0.25) is 0 Å². The summed E-state index contributed by atoms with van der Waals surface area (Å²) in [4.78, 5) is 10.5. The van der Waals surface area contributed by atoms with E-state index in [2.05, 4.69) is 0 Å². The van der Waals surface area contributed by atoms with Gasteiger partial charge in [-0.1, -0.05) is 11.6 Å². The summed E-state index contributed by atoms with van der Waals surface area (Å²) < 4.78 is 0.631. The van der Waals surface area contributed by atoms with E-state index in [0.29, 0.717) is 3.57 Å². The lowest BCUT2D eigenvalue weighted by Gasteiger charge is -2.01. The van der Waals surface area contributed by atoms with Gasteiger partial charge in [-0.15, -0.1) is 0 Å². The molecule has 64 valence electrons. The topological polar surface area (TPSA) is 57.5 Å². The molecule has 0 bridgehead atoms. The Morgan fingerprint density at radius 1 is 1.50 bits per heavy atom. The van der Waals surface area contributed by atoms with Gasteiger partial charge in [0.05, 0.1) is 10.6 Å². The highest BCUT2D eigenvalue weighted by atomic mass is 127. The fourth-order valence-corrected chi connectivity index (χ4v) is 1.53. The largest absolute Gasteiger partial charge is 0.506 e. The van der Waals surface area contributed by atoms with Gasteiger partial charge >= 0.3 is 5.97 Å². The van der Waals surface area contributed by atoms with Crippen LogP contribution in [0.4, 0.5) is 0 Å². The minimum atomic E-state index is -1.14. The summed E-state index contributed by atoms with van der Waals surface area (Å²) in [6.45, 7) is 0. The first-order chi connectivity index (χ1) is 5.52. The first-order valence-electron chi connectivity index (χ1n) is 2.93. The molecule has 0 spiro atoms. The van der Waals surface area contributed by atoms with E-state index in [1.165, 1.54) is 12.1 Å². The standard InChI is InChI=1S/C7H4ClIO3/c8-6-4(7(11)12)1-3(9)2-5(6)10/h1-2,10H,(H,11,12). The van der Waals surface area contributed by atoms with Crippen molar-refractivity contribution in [2.45, 2.75) is 0 Å². The molecule has 0 heterocycles. The molecule has 0 amide bonds. The van der Waals surface area contributed by atoms with E-state index in [-0.39, 0.29) is 16.3 Å². The number of carbonyl (C=O) groups is 1. The van der Waals surface area contributed by atoms with Gasteiger partial charge in [-0.2, -0.15) is 0 Å². The summed E-state index contributed by atoms with van der Waals surface area (Å²) in [5.74, 6) is -1.35. The van der Waals surface area contributed by atoms with Crippen molar-refractivity contribution in [3.63, 3.8) is 0 Å². The van der Waals surface area contributed by atoms with E-state index in [1.807, 2.05) is 22.6 Å². The van der Waals surface area contributed by atoms with Crippen LogP contribution >= 0.6 is 34.2 Å². The monoisotopic (exact) mass is 298 g/mol. The highest BCUT2D eigenvalue weighted by Gasteiger charge is 2.12. The highest BCUT2D eigenvalue weighted by Crippen LogP contribution is 2.29. The highest BCUT2D eigenvalue weighted by molar-refractivity contribution is 14.1. The summed E-state index contributed by atoms with van der Waals surface area (Å²) in [6, 6.07) is 2.79. The lowest BCUT2D eigenvalue weighted by molar-refractivity contribution is 0.0696. The summed E-state index contributed by atoms with van der Waals surface area (Å²) in [6.07, 6.45) is 0. The van der Waals surface area contributed by atoms with Gasteiger partial charge in [0.2, 0.25) is 0 Å². The molecule has 0 saturated heterocycles. The Bertz CT molecular complexity index is 338. The minimum Gasteiger partial charge on any atom is -0.506 e. The second-order valence-electron chi connectivity index (χ2n) is 2.09. The SMILES string of the molecule is O=C(O)c1cc(I)cc(O)c1Cl. The van der Waals surface area contributed by atoms with Crippen molar-refractivity contribution in [1.29, 1.82) is 0 Å². The van der Waals surface area contributed by atoms with Crippen molar-refractivity contribution in [3.05, 3.63) is 26.3 Å². The molecular formula is C7H4ClIO3. The summed E-state index contributed by atoms with van der Waals surface area (Å²) in [5.41, 5.74) is -0.0823. The number of phenolic OH excluding ortho intramolecular Hbond substituents is 1. The predicted octanol–water partition coefficient (Wildman–Crippen LogP) is 2.35. The normalized spacial score (nSPS) is 9.83. The average molecular weight is 298 g/mol. The van der Waals surface area contributed by atoms with Crippen molar-refractivity contribution >= 4 is 40.2 Å². The van der Waals surface area contributed by atoms with E-state index in [0.717, 1.165) is 0 Å². The third kappa shape index (κ3) is 1.81. The molecule has 1 rings (SSSR count). The summed E-state index contributed by atoms with van der Waals surface area (Å²) in [7, 11) is 0. The molecule has 0 aliphatic rings. The molecule has 3 nitrogen and oxygen atoms in total. The van der Waals surface area contributed by atoms with E-state index < -0.39 is 5.97 Å². The molecular weight excluding hydrogens is 294 g/mol. The van der Waals surface area contributed by atoms with Crippen LogP contribution in [0, 0.1) is 3.57 Å². The van der Waals surface area contributed by atoms with Crippen molar-refractivity contribution in [1.82, 2.24) is 0 Å². The zero-order valence-electron chi connectivity index (χ0n) is 5.71. The Balaban J connectivity index is 3.37. The Morgan fingerprint density at radius 3 is 2.58 bits per heavy atom. The molecule has 0 unspecified atom stereocenters. The smallest absolute Gasteiger partial charge is 0.337 e. The maximum absolute atomic E-state index is 10.5. The molecule has 0 radical (unpaired) electrons. The van der Waals surface area contributed by atoms with Crippen molar-refractivity contribution in [2.24, 2.45) is 0 Å². The predicted molar refractivity (Wildman–Crippen MR) is 52.8 cm³/mol. The van der Waals surface area contributed by atoms with Gasteiger partial charge in [0.1, 0.15) is 5.75 Å². The van der Waals surface area contributed by atoms with E-state index in [9.17, 15) is 4.79 Å². The van der Waals surface area contributed by atoms with Gasteiger partial charge in [-0.05, 0) is 34.7 Å². The van der Waals surface area contributed by atoms with Crippen LogP contribution in [0.5, 0.6) is 5.75 Å². The lowest BCUT2D eigenvalue weighted by atomic mass is 10.2. The number of benzene rings is 1. The number of aromatic carboxylic acids is 1. The number of hydrogen-bond acceptors (Lipinski definition) is 2. The quantitative estimate of drug-likeness (QED) is 0.783. The molecule has 1 aromatic carbocycles. The summed E-state index contributed by atoms with van der Waals surface area (Å²) >= 11 is 7.43. The Hall–Kier alpha value is -0.490. The lowest BCUT2D eigenvalue weighted by Crippen LogP contribution is -1.97. The molecule has 0 atom stereocenters. The molecule has 2 N–H and O–H groups in total. The maximum atomic E-state index is 10.5. The number of halogens is 2. The molecule has 12 heavy (non-hydrogen) atoms. The van der Waals surface area contributed by atoms with Crippen LogP contribution < -0.4 is 0 Å². The molecule has 0 aromatic heterocycles. The number of rotatable bonds is 1. The van der Waals surface area contributed by atoms with Crippen LogP contribution in [-0.2, 0) is 0 Å². The van der Waals surface area contributed by atoms with Gasteiger partial charge < -0.3 is 10.2 Å². The zero-order valence-corrected chi connectivity index (χ0v) is 8.63. The third-order valence-corrected chi connectivity index (χ3v) is 2.27. The van der Waals surface area contributed by atoms with Crippen LogP contribution in [-0.4, -0.2) is 16.2 Å². The van der Waals surface area contributed by atoms with Crippen LogP contribution in [0.1, 0.15) is 10.4 Å². The average Bonchev–Trinajstić information content (AvgIpc) is 1.96. The van der Waals surface area contributed by atoms with Gasteiger partial charge in [-0.25, -0.2) is 4.79 Å². The Labute approximate surface area is 87.1 Å². The van der Waals surface area contributed by atoms with Crippen LogP contribution in [0.3, 0.4) is 0 Å². The zero-order chi connectivity index (χ0) is 9.30. The van der Waals surface area contributed by atoms with Gasteiger partial charge in [0, 0.05) is 3.57 Å². The first-order valence-corrected chi connectivity index (χ1v) is 4.39. The van der Waals surface area contributed by atoms with Crippen LogP contribution in [0.2, 0.25) is 5.02 Å². The number of carboxylic acid groups (broad SMARTS) is 1. The van der Waals surface area contributed by atoms with Crippen LogP contribution in [0.15, 0.2) is 12.1 Å². The molecule has 0 aliphatic heterocycles. The fourth-order valence-electron chi connectivity index (χ4n) is 0.730. The molecule has 1 aromatic rings. The van der Waals surface area contributed by atoms with Crippen molar-refractivity contribution in [3.8, 4) is 5.75 Å². The van der Waals surface area contributed by atoms with Gasteiger partial charge in [0.15, 0.2) is 0 Å².